The Hall–Kier alpha value is -3.07. The lowest BCUT2D eigenvalue weighted by molar-refractivity contribution is -0.104. The van der Waals surface area contributed by atoms with Crippen LogP contribution in [0.4, 0.5) is 0 Å². The van der Waals surface area contributed by atoms with Crippen LogP contribution in [-0.2, 0) is 4.79 Å². The Kier molecular flexibility index (Phi) is 9.38. The predicted octanol–water partition coefficient (Wildman–Crippen LogP) is 5.14. The third-order valence-corrected chi connectivity index (χ3v) is 4.16. The van der Waals surface area contributed by atoms with E-state index in [4.69, 9.17) is 0 Å². The molecule has 0 aliphatic heterocycles. The maximum atomic E-state index is 11.0. The highest BCUT2D eigenvalue weighted by Crippen LogP contribution is 2.28. The highest BCUT2D eigenvalue weighted by atomic mass is 16.1. The number of rotatable bonds is 9. The first-order valence-electron chi connectivity index (χ1n) is 8.97. The number of hydrogen-bond donors (Lipinski definition) is 1. The van der Waals surface area contributed by atoms with Gasteiger partial charge in [0.1, 0.15) is 12.1 Å². The van der Waals surface area contributed by atoms with Gasteiger partial charge in [0.2, 0.25) is 0 Å². The Morgan fingerprint density at radius 2 is 2.07 bits per heavy atom. The van der Waals surface area contributed by atoms with E-state index in [-0.39, 0.29) is 0 Å². The second kappa shape index (κ2) is 11.5. The Balaban J connectivity index is 3.65. The highest BCUT2D eigenvalue weighted by Gasteiger charge is 2.16. The lowest BCUT2D eigenvalue weighted by Gasteiger charge is -2.28. The summed E-state index contributed by atoms with van der Waals surface area (Å²) in [7, 11) is 3.78. The molecule has 0 atom stereocenters. The first kappa shape index (κ1) is 22.0. The van der Waals surface area contributed by atoms with Crippen molar-refractivity contribution in [3.63, 3.8) is 0 Å². The monoisotopic (exact) mass is 362 g/mol. The van der Waals surface area contributed by atoms with Crippen molar-refractivity contribution < 1.29 is 4.79 Å². The van der Waals surface area contributed by atoms with Crippen LogP contribution < -0.4 is 5.32 Å². The fourth-order valence-corrected chi connectivity index (χ4v) is 2.74. The summed E-state index contributed by atoms with van der Waals surface area (Å²) in [6.07, 6.45) is 21.8. The average molecular weight is 363 g/mol. The average Bonchev–Trinajstić information content (AvgIpc) is 2.97. The van der Waals surface area contributed by atoms with Gasteiger partial charge in [0.15, 0.2) is 0 Å². The SMILES string of the molecule is C=CC(=C\C=C/C)/C(=C(/C)C1=CC=CCC=C1)N(C)/C(=C\C(=C)C=O)NC. The van der Waals surface area contributed by atoms with E-state index < -0.39 is 0 Å². The molecule has 0 radical (unpaired) electrons. The molecule has 1 aliphatic rings. The van der Waals surface area contributed by atoms with Crippen LogP contribution in [0.2, 0.25) is 0 Å². The molecule has 0 saturated carbocycles. The summed E-state index contributed by atoms with van der Waals surface area (Å²) in [6.45, 7) is 11.8. The van der Waals surface area contributed by atoms with Gasteiger partial charge in [-0.3, -0.25) is 4.79 Å². The maximum absolute atomic E-state index is 11.0. The molecule has 3 heteroatoms. The molecule has 0 fully saturated rings. The van der Waals surface area contributed by atoms with E-state index in [9.17, 15) is 4.79 Å². The van der Waals surface area contributed by atoms with Crippen LogP contribution in [-0.4, -0.2) is 25.3 Å². The van der Waals surface area contributed by atoms with Gasteiger partial charge in [-0.2, -0.15) is 0 Å². The van der Waals surface area contributed by atoms with Crippen molar-refractivity contribution in [2.45, 2.75) is 20.3 Å². The van der Waals surface area contributed by atoms with Crippen molar-refractivity contribution in [3.8, 4) is 0 Å². The van der Waals surface area contributed by atoms with E-state index in [1.54, 1.807) is 6.08 Å². The van der Waals surface area contributed by atoms with E-state index in [2.05, 4.69) is 55.8 Å². The molecule has 1 N–H and O–H groups in total. The fourth-order valence-electron chi connectivity index (χ4n) is 2.74. The van der Waals surface area contributed by atoms with Crippen molar-refractivity contribution in [2.75, 3.05) is 14.1 Å². The van der Waals surface area contributed by atoms with Crippen LogP contribution in [0.5, 0.6) is 0 Å². The highest BCUT2D eigenvalue weighted by molar-refractivity contribution is 5.76. The number of carbonyl (C=O) groups excluding carboxylic acids is 1. The molecule has 3 nitrogen and oxygen atoms in total. The van der Waals surface area contributed by atoms with Gasteiger partial charge in [0.05, 0.1) is 5.70 Å². The Morgan fingerprint density at radius 1 is 1.33 bits per heavy atom. The number of nitrogens with one attached hydrogen (secondary N) is 1. The van der Waals surface area contributed by atoms with Gasteiger partial charge in [0.25, 0.3) is 0 Å². The molecular formula is C24H30N2O. The second-order valence-corrected chi connectivity index (χ2v) is 6.05. The first-order valence-corrected chi connectivity index (χ1v) is 8.97. The van der Waals surface area contributed by atoms with E-state index in [1.165, 1.54) is 0 Å². The molecule has 142 valence electrons. The summed E-state index contributed by atoms with van der Waals surface area (Å²) in [4.78, 5) is 13.1. The van der Waals surface area contributed by atoms with Crippen LogP contribution >= 0.6 is 0 Å². The lowest BCUT2D eigenvalue weighted by Crippen LogP contribution is -2.27. The van der Waals surface area contributed by atoms with Crippen molar-refractivity contribution in [2.24, 2.45) is 0 Å². The lowest BCUT2D eigenvalue weighted by atomic mass is 9.98. The van der Waals surface area contributed by atoms with Crippen LogP contribution in [0.3, 0.4) is 0 Å². The Bertz CT molecular complexity index is 783. The summed E-state index contributed by atoms with van der Waals surface area (Å²) < 4.78 is 0. The standard InChI is InChI=1S/C24H30N2O/c1-7-9-14-21(8-2)24(20(4)22-15-12-10-11-13-16-22)26(6)23(25-5)17-19(3)18-27/h7-10,12-18,25H,2-3,11H2,1,4-6H3/b9-7-,21-14+,23-17-,24-20+. The van der Waals surface area contributed by atoms with Crippen molar-refractivity contribution >= 4 is 6.29 Å². The van der Waals surface area contributed by atoms with E-state index in [0.717, 1.165) is 40.9 Å². The molecule has 0 aromatic heterocycles. The molecule has 0 spiro atoms. The van der Waals surface area contributed by atoms with E-state index in [1.807, 2.05) is 50.2 Å². The molecule has 1 aliphatic carbocycles. The molecule has 0 saturated heterocycles. The van der Waals surface area contributed by atoms with Gasteiger partial charge in [-0.15, -0.1) is 0 Å². The number of hydrogen-bond acceptors (Lipinski definition) is 3. The molecule has 0 aromatic rings. The van der Waals surface area contributed by atoms with Gasteiger partial charge in [-0.1, -0.05) is 67.8 Å². The van der Waals surface area contributed by atoms with Crippen molar-refractivity contribution in [1.29, 1.82) is 0 Å². The number of likely N-dealkylation sites (N-methyl/N-ethyl adjacent to an activating group) is 1. The maximum Gasteiger partial charge on any atom is 0.149 e. The zero-order valence-electron chi connectivity index (χ0n) is 16.8. The molecule has 0 heterocycles. The van der Waals surface area contributed by atoms with Gasteiger partial charge in [0, 0.05) is 19.7 Å². The molecule has 0 amide bonds. The molecule has 1 rings (SSSR count). The van der Waals surface area contributed by atoms with Crippen LogP contribution in [0.15, 0.2) is 108 Å². The van der Waals surface area contributed by atoms with Gasteiger partial charge in [-0.05, 0) is 43.1 Å². The summed E-state index contributed by atoms with van der Waals surface area (Å²) >= 11 is 0. The number of nitrogens with zero attached hydrogens (tertiary/aromatic N) is 1. The second-order valence-electron chi connectivity index (χ2n) is 6.05. The van der Waals surface area contributed by atoms with Crippen LogP contribution in [0, 0.1) is 0 Å². The molecular weight excluding hydrogens is 332 g/mol. The number of aldehydes is 1. The van der Waals surface area contributed by atoms with E-state index >= 15 is 0 Å². The summed E-state index contributed by atoms with van der Waals surface area (Å²) in [5, 5.41) is 3.15. The third-order valence-electron chi connectivity index (χ3n) is 4.16. The number of allylic oxidation sites excluding steroid dienone is 13. The fraction of sp³-hybridized carbons (Fsp3) is 0.208. The smallest absolute Gasteiger partial charge is 0.149 e. The van der Waals surface area contributed by atoms with Gasteiger partial charge in [-0.25, -0.2) is 0 Å². The third kappa shape index (κ3) is 6.30. The Morgan fingerprint density at radius 3 is 2.67 bits per heavy atom. The topological polar surface area (TPSA) is 32.3 Å². The quantitative estimate of drug-likeness (QED) is 0.350. The summed E-state index contributed by atoms with van der Waals surface area (Å²) in [5.41, 5.74) is 4.61. The number of carbonyl (C=O) groups is 1. The van der Waals surface area contributed by atoms with E-state index in [0.29, 0.717) is 5.57 Å². The van der Waals surface area contributed by atoms with Gasteiger partial charge >= 0.3 is 0 Å². The summed E-state index contributed by atoms with van der Waals surface area (Å²) in [5.74, 6) is 0.767. The zero-order chi connectivity index (χ0) is 20.2. The molecule has 0 aromatic carbocycles. The minimum absolute atomic E-state index is 0.400. The van der Waals surface area contributed by atoms with Crippen molar-refractivity contribution in [1.82, 2.24) is 10.2 Å². The van der Waals surface area contributed by atoms with Crippen molar-refractivity contribution in [3.05, 3.63) is 108 Å². The minimum atomic E-state index is 0.400. The van der Waals surface area contributed by atoms with Crippen LogP contribution in [0.25, 0.3) is 0 Å². The molecule has 0 unspecified atom stereocenters. The normalized spacial score (nSPS) is 15.8. The minimum Gasteiger partial charge on any atom is -0.375 e. The Labute approximate surface area is 163 Å². The summed E-state index contributed by atoms with van der Waals surface area (Å²) in [6, 6.07) is 0. The predicted molar refractivity (Wildman–Crippen MR) is 117 cm³/mol. The largest absolute Gasteiger partial charge is 0.375 e. The first-order chi connectivity index (χ1) is 13.0. The molecule has 0 bridgehead atoms. The van der Waals surface area contributed by atoms with Gasteiger partial charge < -0.3 is 10.2 Å². The molecule has 27 heavy (non-hydrogen) atoms. The van der Waals surface area contributed by atoms with Crippen LogP contribution in [0.1, 0.15) is 20.3 Å². The zero-order valence-corrected chi connectivity index (χ0v) is 16.8.